The van der Waals surface area contributed by atoms with E-state index >= 15 is 0 Å². The van der Waals surface area contributed by atoms with Gasteiger partial charge in [-0.1, -0.05) is 0 Å². The molecule has 0 aromatic rings. The number of nitrogens with two attached hydrogens (primary N) is 1. The number of fused-ring (bicyclic) bond motifs is 1. The predicted octanol–water partition coefficient (Wildman–Crippen LogP) is -0.0656. The molecule has 0 amide bonds. The van der Waals surface area contributed by atoms with Crippen LogP contribution >= 0.6 is 0 Å². The van der Waals surface area contributed by atoms with Gasteiger partial charge in [-0.25, -0.2) is 0 Å². The third kappa shape index (κ3) is 1.37. The van der Waals surface area contributed by atoms with Crippen molar-refractivity contribution in [1.82, 2.24) is 4.90 Å². The fraction of sp³-hybridized carbons (Fsp3) is 1.00. The molecule has 70 valence electrons. The van der Waals surface area contributed by atoms with Crippen molar-refractivity contribution in [1.29, 1.82) is 0 Å². The maximum Gasteiger partial charge on any atom is 0.0801 e. The number of hydrogen-bond donors (Lipinski definition) is 2. The number of nitrogens with zero attached hydrogens (tertiary/aromatic N) is 1. The maximum absolute atomic E-state index is 10.1. The highest BCUT2D eigenvalue weighted by Gasteiger charge is 2.43. The topological polar surface area (TPSA) is 49.5 Å². The average molecular weight is 170 g/mol. The van der Waals surface area contributed by atoms with Crippen LogP contribution in [-0.2, 0) is 0 Å². The first-order chi connectivity index (χ1) is 5.73. The molecule has 0 radical (unpaired) electrons. The van der Waals surface area contributed by atoms with Crippen LogP contribution in [0.15, 0.2) is 0 Å². The molecule has 0 saturated carbocycles. The molecule has 0 bridgehead atoms. The summed E-state index contributed by atoms with van der Waals surface area (Å²) in [6.07, 6.45) is 4.29. The standard InChI is InChI=1S/C9H18N2O/c10-4-3-9(12)6-8-2-1-5-11(8)7-9/h8,12H,1-7,10H2. The summed E-state index contributed by atoms with van der Waals surface area (Å²) in [6, 6.07) is 0.654. The van der Waals surface area contributed by atoms with Gasteiger partial charge in [0.2, 0.25) is 0 Å². The van der Waals surface area contributed by atoms with Gasteiger partial charge < -0.3 is 10.8 Å². The Bertz CT molecular complexity index is 160. The van der Waals surface area contributed by atoms with Crippen LogP contribution in [0.1, 0.15) is 25.7 Å². The van der Waals surface area contributed by atoms with Crippen molar-refractivity contribution in [2.45, 2.75) is 37.3 Å². The van der Waals surface area contributed by atoms with Crippen molar-refractivity contribution >= 4 is 0 Å². The fourth-order valence-corrected chi connectivity index (χ4v) is 2.67. The Kier molecular flexibility index (Phi) is 2.10. The van der Waals surface area contributed by atoms with Crippen LogP contribution in [0.3, 0.4) is 0 Å². The molecule has 12 heavy (non-hydrogen) atoms. The first kappa shape index (κ1) is 8.48. The van der Waals surface area contributed by atoms with Gasteiger partial charge in [0.25, 0.3) is 0 Å². The molecule has 2 saturated heterocycles. The van der Waals surface area contributed by atoms with Gasteiger partial charge in [-0.2, -0.15) is 0 Å². The summed E-state index contributed by atoms with van der Waals surface area (Å²) < 4.78 is 0. The van der Waals surface area contributed by atoms with E-state index in [-0.39, 0.29) is 0 Å². The Morgan fingerprint density at radius 1 is 1.58 bits per heavy atom. The van der Waals surface area contributed by atoms with E-state index in [4.69, 9.17) is 5.73 Å². The number of hydrogen-bond acceptors (Lipinski definition) is 3. The molecule has 2 rings (SSSR count). The third-order valence-electron chi connectivity index (χ3n) is 3.22. The molecular weight excluding hydrogens is 152 g/mol. The van der Waals surface area contributed by atoms with Crippen molar-refractivity contribution in [3.63, 3.8) is 0 Å². The molecule has 2 aliphatic heterocycles. The van der Waals surface area contributed by atoms with Crippen molar-refractivity contribution in [2.24, 2.45) is 5.73 Å². The molecule has 2 atom stereocenters. The zero-order valence-electron chi connectivity index (χ0n) is 7.50. The van der Waals surface area contributed by atoms with E-state index in [0.29, 0.717) is 12.6 Å². The van der Waals surface area contributed by atoms with Crippen LogP contribution in [0.2, 0.25) is 0 Å². The molecule has 3 heteroatoms. The Labute approximate surface area is 73.5 Å². The summed E-state index contributed by atoms with van der Waals surface area (Å²) in [7, 11) is 0. The van der Waals surface area contributed by atoms with E-state index in [1.807, 2.05) is 0 Å². The lowest BCUT2D eigenvalue weighted by Crippen LogP contribution is -2.35. The zero-order chi connectivity index (χ0) is 8.60. The minimum Gasteiger partial charge on any atom is -0.388 e. The van der Waals surface area contributed by atoms with Crippen LogP contribution in [0.5, 0.6) is 0 Å². The molecule has 2 fully saturated rings. The lowest BCUT2D eigenvalue weighted by atomic mass is 9.95. The minimum absolute atomic E-state index is 0.458. The second kappa shape index (κ2) is 2.98. The average Bonchev–Trinajstić information content (AvgIpc) is 2.45. The molecular formula is C9H18N2O. The Morgan fingerprint density at radius 3 is 3.08 bits per heavy atom. The largest absolute Gasteiger partial charge is 0.388 e. The third-order valence-corrected chi connectivity index (χ3v) is 3.22. The van der Waals surface area contributed by atoms with E-state index in [1.54, 1.807) is 0 Å². The zero-order valence-corrected chi connectivity index (χ0v) is 7.50. The second-order valence-corrected chi connectivity index (χ2v) is 4.23. The maximum atomic E-state index is 10.1. The van der Waals surface area contributed by atoms with Crippen molar-refractivity contribution in [3.05, 3.63) is 0 Å². The van der Waals surface area contributed by atoms with Crippen molar-refractivity contribution in [2.75, 3.05) is 19.6 Å². The summed E-state index contributed by atoms with van der Waals surface area (Å²) in [5.41, 5.74) is 5.01. The summed E-state index contributed by atoms with van der Waals surface area (Å²) in [5, 5.41) is 10.1. The van der Waals surface area contributed by atoms with Gasteiger partial charge in [-0.3, -0.25) is 4.90 Å². The molecule has 2 unspecified atom stereocenters. The normalized spacial score (nSPS) is 42.0. The van der Waals surface area contributed by atoms with Crippen LogP contribution in [0, 0.1) is 0 Å². The van der Waals surface area contributed by atoms with Gasteiger partial charge in [-0.15, -0.1) is 0 Å². The van der Waals surface area contributed by atoms with Crippen LogP contribution < -0.4 is 5.73 Å². The summed E-state index contributed by atoms with van der Waals surface area (Å²) in [5.74, 6) is 0. The van der Waals surface area contributed by atoms with Gasteiger partial charge in [0.15, 0.2) is 0 Å². The minimum atomic E-state index is -0.458. The highest BCUT2D eigenvalue weighted by Crippen LogP contribution is 2.35. The molecule has 0 spiro atoms. The summed E-state index contributed by atoms with van der Waals surface area (Å²) >= 11 is 0. The van der Waals surface area contributed by atoms with Crippen molar-refractivity contribution < 1.29 is 5.11 Å². The first-order valence-electron chi connectivity index (χ1n) is 4.90. The Morgan fingerprint density at radius 2 is 2.42 bits per heavy atom. The molecule has 3 N–H and O–H groups in total. The number of aliphatic hydroxyl groups is 1. The Balaban J connectivity index is 1.97. The van der Waals surface area contributed by atoms with E-state index in [2.05, 4.69) is 4.90 Å². The lowest BCUT2D eigenvalue weighted by molar-refractivity contribution is 0.0421. The fourth-order valence-electron chi connectivity index (χ4n) is 2.67. The van der Waals surface area contributed by atoms with Gasteiger partial charge in [0.05, 0.1) is 5.60 Å². The molecule has 0 aromatic carbocycles. The van der Waals surface area contributed by atoms with Crippen LogP contribution in [0.25, 0.3) is 0 Å². The number of rotatable bonds is 2. The van der Waals surface area contributed by atoms with E-state index < -0.39 is 5.60 Å². The van der Waals surface area contributed by atoms with Crippen LogP contribution in [-0.4, -0.2) is 41.3 Å². The van der Waals surface area contributed by atoms with E-state index in [9.17, 15) is 5.11 Å². The molecule has 0 aliphatic carbocycles. The highest BCUT2D eigenvalue weighted by molar-refractivity contribution is 4.99. The van der Waals surface area contributed by atoms with Gasteiger partial charge >= 0.3 is 0 Å². The quantitative estimate of drug-likeness (QED) is 0.610. The second-order valence-electron chi connectivity index (χ2n) is 4.23. The van der Waals surface area contributed by atoms with Gasteiger partial charge in [-0.05, 0) is 38.8 Å². The van der Waals surface area contributed by atoms with Crippen molar-refractivity contribution in [3.8, 4) is 0 Å². The SMILES string of the molecule is NCCC1(O)CC2CCCN2C1. The smallest absolute Gasteiger partial charge is 0.0801 e. The first-order valence-corrected chi connectivity index (χ1v) is 4.90. The highest BCUT2D eigenvalue weighted by atomic mass is 16.3. The molecule has 2 aliphatic rings. The van der Waals surface area contributed by atoms with Gasteiger partial charge in [0.1, 0.15) is 0 Å². The molecule has 2 heterocycles. The predicted molar refractivity (Wildman–Crippen MR) is 47.8 cm³/mol. The summed E-state index contributed by atoms with van der Waals surface area (Å²) in [4.78, 5) is 2.41. The lowest BCUT2D eigenvalue weighted by Gasteiger charge is -2.22. The van der Waals surface area contributed by atoms with Crippen LogP contribution in [0.4, 0.5) is 0 Å². The Hall–Kier alpha value is -0.120. The van der Waals surface area contributed by atoms with E-state index in [1.165, 1.54) is 19.4 Å². The van der Waals surface area contributed by atoms with E-state index in [0.717, 1.165) is 19.4 Å². The molecule has 0 aromatic heterocycles. The summed E-state index contributed by atoms with van der Waals surface area (Å²) in [6.45, 7) is 2.64. The molecule has 3 nitrogen and oxygen atoms in total. The monoisotopic (exact) mass is 170 g/mol. The van der Waals surface area contributed by atoms with Gasteiger partial charge in [0, 0.05) is 12.6 Å².